The summed E-state index contributed by atoms with van der Waals surface area (Å²) >= 11 is 0. The van der Waals surface area contributed by atoms with Crippen LogP contribution in [0.2, 0.25) is 0 Å². The smallest absolute Gasteiger partial charge is 0.237 e. The Bertz CT molecular complexity index is 496. The molecule has 0 radical (unpaired) electrons. The van der Waals surface area contributed by atoms with E-state index in [2.05, 4.69) is 10.2 Å². The molecule has 1 aromatic carbocycles. The zero-order chi connectivity index (χ0) is 16.8. The lowest BCUT2D eigenvalue weighted by atomic mass is 9.91. The van der Waals surface area contributed by atoms with Gasteiger partial charge in [0.2, 0.25) is 5.91 Å². The molecule has 23 heavy (non-hydrogen) atoms. The first-order chi connectivity index (χ1) is 11.0. The van der Waals surface area contributed by atoms with Gasteiger partial charge in [-0.2, -0.15) is 0 Å². The number of halogens is 1. The highest BCUT2D eigenvalue weighted by Crippen LogP contribution is 2.21. The maximum Gasteiger partial charge on any atom is 0.237 e. The average Bonchev–Trinajstić information content (AvgIpc) is 2.56. The van der Waals surface area contributed by atoms with Gasteiger partial charge in [-0.3, -0.25) is 9.69 Å². The molecule has 0 bridgehead atoms. The number of amides is 1. The van der Waals surface area contributed by atoms with Crippen molar-refractivity contribution in [2.24, 2.45) is 5.92 Å². The molecule has 2 atom stereocenters. The van der Waals surface area contributed by atoms with Crippen LogP contribution in [0.25, 0.3) is 0 Å². The number of carbonyl (C=O) groups is 1. The number of hydrogen-bond acceptors (Lipinski definition) is 3. The molecular formula is C18H27FN2O2. The third-order valence-corrected chi connectivity index (χ3v) is 4.81. The van der Waals surface area contributed by atoms with Gasteiger partial charge in [-0.25, -0.2) is 4.39 Å². The van der Waals surface area contributed by atoms with Crippen LogP contribution < -0.4 is 5.32 Å². The molecule has 1 aliphatic rings. The third-order valence-electron chi connectivity index (χ3n) is 4.81. The molecule has 0 aliphatic carbocycles. The van der Waals surface area contributed by atoms with Crippen LogP contribution in [-0.2, 0) is 11.2 Å². The van der Waals surface area contributed by atoms with Crippen LogP contribution in [0.15, 0.2) is 24.3 Å². The van der Waals surface area contributed by atoms with Crippen molar-refractivity contribution in [3.8, 4) is 0 Å². The van der Waals surface area contributed by atoms with Crippen LogP contribution in [0.5, 0.6) is 0 Å². The highest BCUT2D eigenvalue weighted by Gasteiger charge is 2.28. The van der Waals surface area contributed by atoms with Crippen LogP contribution in [0.4, 0.5) is 4.39 Å². The molecular weight excluding hydrogens is 295 g/mol. The predicted octanol–water partition coefficient (Wildman–Crippen LogP) is 1.97. The molecule has 0 saturated carbocycles. The number of benzene rings is 1. The molecule has 5 heteroatoms. The zero-order valence-electron chi connectivity index (χ0n) is 14.0. The third kappa shape index (κ3) is 5.29. The summed E-state index contributed by atoms with van der Waals surface area (Å²) in [5.74, 6) is 0.134. The molecule has 128 valence electrons. The van der Waals surface area contributed by atoms with E-state index < -0.39 is 0 Å². The summed E-state index contributed by atoms with van der Waals surface area (Å²) in [6.45, 7) is 6.02. The van der Waals surface area contributed by atoms with Crippen LogP contribution in [0, 0.1) is 11.7 Å². The Hall–Kier alpha value is -1.46. The maximum absolute atomic E-state index is 12.8. The van der Waals surface area contributed by atoms with Gasteiger partial charge in [0.05, 0.1) is 12.1 Å². The first-order valence-electron chi connectivity index (χ1n) is 8.41. The second-order valence-corrected chi connectivity index (χ2v) is 6.46. The lowest BCUT2D eigenvalue weighted by Gasteiger charge is -2.36. The highest BCUT2D eigenvalue weighted by atomic mass is 19.1. The van der Waals surface area contributed by atoms with E-state index in [1.54, 1.807) is 12.1 Å². The van der Waals surface area contributed by atoms with Gasteiger partial charge in [0.25, 0.3) is 0 Å². The van der Waals surface area contributed by atoms with Crippen LogP contribution in [0.3, 0.4) is 0 Å². The van der Waals surface area contributed by atoms with E-state index in [1.165, 1.54) is 12.1 Å². The molecule has 1 heterocycles. The number of carbonyl (C=O) groups excluding carboxylic acids is 1. The number of hydrogen-bond donors (Lipinski definition) is 2. The Morgan fingerprint density at radius 1 is 1.30 bits per heavy atom. The number of aliphatic hydroxyl groups excluding tert-OH is 1. The maximum atomic E-state index is 12.8. The zero-order valence-corrected chi connectivity index (χ0v) is 14.0. The molecule has 2 unspecified atom stereocenters. The summed E-state index contributed by atoms with van der Waals surface area (Å²) < 4.78 is 12.8. The van der Waals surface area contributed by atoms with Gasteiger partial charge in [0, 0.05) is 6.54 Å². The second-order valence-electron chi connectivity index (χ2n) is 6.46. The quantitative estimate of drug-likeness (QED) is 0.842. The van der Waals surface area contributed by atoms with Crippen molar-refractivity contribution >= 4 is 5.91 Å². The molecule has 0 aromatic heterocycles. The summed E-state index contributed by atoms with van der Waals surface area (Å²) in [7, 11) is 0. The number of aliphatic hydroxyl groups is 1. The monoisotopic (exact) mass is 322 g/mol. The predicted molar refractivity (Wildman–Crippen MR) is 88.6 cm³/mol. The lowest BCUT2D eigenvalue weighted by Crippen LogP contribution is -2.49. The molecule has 0 spiro atoms. The summed E-state index contributed by atoms with van der Waals surface area (Å²) in [4.78, 5) is 14.4. The summed E-state index contributed by atoms with van der Waals surface area (Å²) in [5, 5.41) is 12.6. The van der Waals surface area contributed by atoms with Gasteiger partial charge in [0.15, 0.2) is 0 Å². The average molecular weight is 322 g/mol. The number of nitrogens with one attached hydrogen (secondary N) is 1. The van der Waals surface area contributed by atoms with Crippen molar-refractivity contribution in [3.05, 3.63) is 35.6 Å². The normalized spacial score (nSPS) is 19.3. The van der Waals surface area contributed by atoms with Gasteiger partial charge in [-0.05, 0) is 69.8 Å². The highest BCUT2D eigenvalue weighted by molar-refractivity contribution is 5.81. The van der Waals surface area contributed by atoms with E-state index >= 15 is 0 Å². The van der Waals surface area contributed by atoms with E-state index in [-0.39, 0.29) is 23.9 Å². The fraction of sp³-hybridized carbons (Fsp3) is 0.611. The fourth-order valence-electron chi connectivity index (χ4n) is 3.08. The second kappa shape index (κ2) is 8.41. The number of rotatable bonds is 6. The van der Waals surface area contributed by atoms with E-state index in [0.29, 0.717) is 18.9 Å². The molecule has 4 nitrogen and oxygen atoms in total. The van der Waals surface area contributed by atoms with E-state index in [4.69, 9.17) is 0 Å². The summed E-state index contributed by atoms with van der Waals surface area (Å²) in [6, 6.07) is 6.20. The van der Waals surface area contributed by atoms with E-state index in [9.17, 15) is 14.3 Å². The van der Waals surface area contributed by atoms with E-state index in [0.717, 1.165) is 31.5 Å². The first-order valence-corrected chi connectivity index (χ1v) is 8.41. The summed E-state index contributed by atoms with van der Waals surface area (Å²) in [5.41, 5.74) is 1.01. The van der Waals surface area contributed by atoms with Gasteiger partial charge in [-0.15, -0.1) is 0 Å². The van der Waals surface area contributed by atoms with Crippen molar-refractivity contribution < 1.29 is 14.3 Å². The minimum Gasteiger partial charge on any atom is -0.393 e. The Labute approximate surface area is 137 Å². The van der Waals surface area contributed by atoms with Crippen LogP contribution in [-0.4, -0.2) is 47.7 Å². The number of likely N-dealkylation sites (tertiary alicyclic amines) is 1. The van der Waals surface area contributed by atoms with Crippen molar-refractivity contribution in [3.63, 3.8) is 0 Å². The lowest BCUT2D eigenvalue weighted by molar-refractivity contribution is -0.126. The minimum atomic E-state index is -0.267. The van der Waals surface area contributed by atoms with Gasteiger partial charge in [0.1, 0.15) is 5.82 Å². The van der Waals surface area contributed by atoms with Crippen molar-refractivity contribution in [1.29, 1.82) is 0 Å². The van der Waals surface area contributed by atoms with Gasteiger partial charge >= 0.3 is 0 Å². The van der Waals surface area contributed by atoms with Gasteiger partial charge < -0.3 is 10.4 Å². The minimum absolute atomic E-state index is 0.0302. The Morgan fingerprint density at radius 3 is 2.48 bits per heavy atom. The molecule has 1 aromatic rings. The Balaban J connectivity index is 1.72. The van der Waals surface area contributed by atoms with Crippen molar-refractivity contribution in [2.75, 3.05) is 19.6 Å². The fourth-order valence-corrected chi connectivity index (χ4v) is 3.08. The van der Waals surface area contributed by atoms with E-state index in [1.807, 2.05) is 13.8 Å². The standard InChI is InChI=1S/C18H27FN2O2/c1-13(21-11-8-16(9-12-21)14(2)22)18(23)20-10-7-15-3-5-17(19)6-4-15/h3-6,13-14,16,22H,7-12H2,1-2H3,(H,20,23). The van der Waals surface area contributed by atoms with Gasteiger partial charge in [-0.1, -0.05) is 12.1 Å². The van der Waals surface area contributed by atoms with Crippen molar-refractivity contribution in [2.45, 2.75) is 45.3 Å². The molecule has 1 fully saturated rings. The van der Waals surface area contributed by atoms with Crippen LogP contribution >= 0.6 is 0 Å². The van der Waals surface area contributed by atoms with Crippen molar-refractivity contribution in [1.82, 2.24) is 10.2 Å². The topological polar surface area (TPSA) is 52.6 Å². The summed E-state index contributed by atoms with van der Waals surface area (Å²) in [6.07, 6.45) is 2.30. The molecule has 1 aliphatic heterocycles. The van der Waals surface area contributed by atoms with Crippen LogP contribution in [0.1, 0.15) is 32.3 Å². The molecule has 1 amide bonds. The number of nitrogens with zero attached hydrogens (tertiary/aromatic N) is 1. The SMILES string of the molecule is CC(O)C1CCN(C(C)C(=O)NCCc2ccc(F)cc2)CC1. The number of piperidine rings is 1. The first kappa shape index (κ1) is 17.9. The molecule has 1 saturated heterocycles. The Morgan fingerprint density at radius 2 is 1.91 bits per heavy atom. The Kier molecular flexibility index (Phi) is 6.54. The largest absolute Gasteiger partial charge is 0.393 e. The molecule has 2 N–H and O–H groups in total. The molecule has 2 rings (SSSR count).